The highest BCUT2D eigenvalue weighted by Crippen LogP contribution is 2.42. The summed E-state index contributed by atoms with van der Waals surface area (Å²) in [6, 6.07) is 22.5. The van der Waals surface area contributed by atoms with Gasteiger partial charge in [-0.3, -0.25) is 14.6 Å². The lowest BCUT2D eigenvalue weighted by atomic mass is 9.90. The van der Waals surface area contributed by atoms with E-state index in [1.807, 2.05) is 48.5 Å². The van der Waals surface area contributed by atoms with Gasteiger partial charge in [-0.05, 0) is 143 Å². The first kappa shape index (κ1) is 31.2. The summed E-state index contributed by atoms with van der Waals surface area (Å²) in [6.45, 7) is 6.37. The Hall–Kier alpha value is -3.39. The fourth-order valence-corrected chi connectivity index (χ4v) is 8.71. The Morgan fingerprint density at radius 3 is 2.24 bits per heavy atom. The maximum atomic E-state index is 14.3. The van der Waals surface area contributed by atoms with Crippen molar-refractivity contribution >= 4 is 27.2 Å². The predicted octanol–water partition coefficient (Wildman–Crippen LogP) is 8.46. The minimum absolute atomic E-state index is 0.0100. The Balaban J connectivity index is 1.11. The lowest BCUT2D eigenvalue weighted by Crippen LogP contribution is -2.49. The van der Waals surface area contributed by atoms with Crippen LogP contribution in [-0.2, 0) is 0 Å². The number of ether oxygens (including phenoxy) is 3. The lowest BCUT2D eigenvalue weighted by Gasteiger charge is -2.41. The van der Waals surface area contributed by atoms with Crippen molar-refractivity contribution in [2.24, 2.45) is 0 Å². The van der Waals surface area contributed by atoms with Gasteiger partial charge in [-0.25, -0.2) is 0 Å². The first-order valence-electron chi connectivity index (χ1n) is 17.3. The maximum absolute atomic E-state index is 14.3. The molecule has 46 heavy (non-hydrogen) atoms. The van der Waals surface area contributed by atoms with Gasteiger partial charge in [0.05, 0.1) is 7.11 Å². The van der Waals surface area contributed by atoms with Crippen molar-refractivity contribution in [3.05, 3.63) is 77.9 Å². The fourth-order valence-electron chi connectivity index (χ4n) is 7.52. The molecule has 242 valence electrons. The number of likely N-dealkylation sites (tertiary alicyclic amines) is 2. The summed E-state index contributed by atoms with van der Waals surface area (Å²) in [5.74, 6) is 2.46. The third-order valence-corrected chi connectivity index (χ3v) is 11.3. The molecule has 1 aliphatic carbocycles. The maximum Gasteiger partial charge on any atom is 0.195 e. The molecular formula is C39H46N2O4S. The van der Waals surface area contributed by atoms with Gasteiger partial charge in [0.25, 0.3) is 0 Å². The number of hydrogen-bond acceptors (Lipinski definition) is 7. The van der Waals surface area contributed by atoms with Gasteiger partial charge in [-0.1, -0.05) is 12.8 Å². The molecule has 7 rings (SSSR count). The largest absolute Gasteiger partial charge is 0.497 e. The Kier molecular flexibility index (Phi) is 9.89. The summed E-state index contributed by atoms with van der Waals surface area (Å²) in [5, 5.41) is 0.919. The number of nitrogens with zero attached hydrogens (tertiary/aromatic N) is 2. The second kappa shape index (κ2) is 14.6. The number of piperidine rings is 1. The second-order valence-electron chi connectivity index (χ2n) is 13.0. The molecule has 2 saturated heterocycles. The van der Waals surface area contributed by atoms with Crippen LogP contribution in [-0.4, -0.2) is 74.2 Å². The quantitative estimate of drug-likeness (QED) is 0.154. The van der Waals surface area contributed by atoms with Crippen LogP contribution < -0.4 is 14.2 Å². The first-order valence-corrected chi connectivity index (χ1v) is 18.1. The number of rotatable bonds is 11. The molecule has 6 nitrogen and oxygen atoms in total. The molecule has 1 saturated carbocycles. The topological polar surface area (TPSA) is 51.2 Å². The Labute approximate surface area is 277 Å². The molecule has 0 bridgehead atoms. The highest BCUT2D eigenvalue weighted by atomic mass is 32.1. The number of benzene rings is 3. The molecular weight excluding hydrogens is 593 g/mol. The third-order valence-electron chi connectivity index (χ3n) is 10.0. The molecule has 4 aromatic rings. The average molecular weight is 639 g/mol. The normalized spacial score (nSPS) is 21.0. The van der Waals surface area contributed by atoms with Gasteiger partial charge >= 0.3 is 0 Å². The van der Waals surface area contributed by atoms with Gasteiger partial charge in [0.15, 0.2) is 5.78 Å². The van der Waals surface area contributed by atoms with E-state index in [0.717, 1.165) is 50.7 Å². The van der Waals surface area contributed by atoms with E-state index in [-0.39, 0.29) is 11.9 Å². The number of methoxy groups -OCH3 is 1. The number of ketones is 1. The van der Waals surface area contributed by atoms with Gasteiger partial charge in [-0.2, -0.15) is 0 Å². The molecule has 3 fully saturated rings. The van der Waals surface area contributed by atoms with Crippen molar-refractivity contribution in [1.29, 1.82) is 0 Å². The van der Waals surface area contributed by atoms with Gasteiger partial charge in [0, 0.05) is 38.7 Å². The van der Waals surface area contributed by atoms with Crippen LogP contribution in [0.2, 0.25) is 0 Å². The van der Waals surface area contributed by atoms with E-state index in [0.29, 0.717) is 23.8 Å². The Bertz CT molecular complexity index is 1600. The molecule has 3 aromatic carbocycles. The highest BCUT2D eigenvalue weighted by Gasteiger charge is 2.32. The summed E-state index contributed by atoms with van der Waals surface area (Å²) in [5.41, 5.74) is 2.39. The molecule has 3 aliphatic rings. The van der Waals surface area contributed by atoms with Crippen LogP contribution in [0.5, 0.6) is 17.2 Å². The van der Waals surface area contributed by atoms with E-state index in [1.165, 1.54) is 77.5 Å². The van der Waals surface area contributed by atoms with E-state index in [1.54, 1.807) is 18.4 Å². The van der Waals surface area contributed by atoms with Crippen molar-refractivity contribution in [3.8, 4) is 27.7 Å². The molecule has 1 aromatic heterocycles. The Morgan fingerprint density at radius 1 is 0.783 bits per heavy atom. The number of hydrogen-bond donors (Lipinski definition) is 0. The van der Waals surface area contributed by atoms with Crippen LogP contribution >= 0.6 is 11.3 Å². The second-order valence-corrected chi connectivity index (χ2v) is 14.1. The van der Waals surface area contributed by atoms with Crippen LogP contribution in [0.25, 0.3) is 20.5 Å². The van der Waals surface area contributed by atoms with E-state index >= 15 is 0 Å². The van der Waals surface area contributed by atoms with Crippen LogP contribution in [0.3, 0.4) is 0 Å². The zero-order valence-electron chi connectivity index (χ0n) is 27.0. The first-order chi connectivity index (χ1) is 22.7. The zero-order chi connectivity index (χ0) is 31.3. The molecule has 3 heterocycles. The van der Waals surface area contributed by atoms with Crippen molar-refractivity contribution in [2.75, 3.05) is 46.4 Å². The molecule has 0 unspecified atom stereocenters. The standard InChI is InChI=1S/C39H46N2O4S/c1-43-32-19-20-36-33(27-32)37(39(46-36)29-13-15-30(16-14-29)44-26-25-40-21-7-8-22-40)38(42)28-11-17-31(18-12-28)45-35-10-4-3-9-34(35)41-23-5-2-6-24-41/h11-20,27,34-35H,2-10,21-26H2,1H3/t34-,35-/m0/s1. The zero-order valence-corrected chi connectivity index (χ0v) is 27.9. The van der Waals surface area contributed by atoms with Crippen LogP contribution in [0.1, 0.15) is 73.7 Å². The summed E-state index contributed by atoms with van der Waals surface area (Å²) >= 11 is 1.65. The van der Waals surface area contributed by atoms with Gasteiger partial charge < -0.3 is 14.2 Å². The van der Waals surface area contributed by atoms with Crippen molar-refractivity contribution in [2.45, 2.75) is 69.9 Å². The molecule has 0 N–H and O–H groups in total. The average Bonchev–Trinajstić information content (AvgIpc) is 3.77. The third kappa shape index (κ3) is 6.97. The van der Waals surface area contributed by atoms with Crippen molar-refractivity contribution in [1.82, 2.24) is 9.80 Å². The molecule has 0 amide bonds. The predicted molar refractivity (Wildman–Crippen MR) is 187 cm³/mol. The van der Waals surface area contributed by atoms with Gasteiger partial charge in [0.1, 0.15) is 30.0 Å². The number of thiophene rings is 1. The summed E-state index contributed by atoms with van der Waals surface area (Å²) < 4.78 is 19.3. The van der Waals surface area contributed by atoms with E-state index in [2.05, 4.69) is 28.0 Å². The molecule has 0 spiro atoms. The molecule has 2 atom stereocenters. The van der Waals surface area contributed by atoms with Gasteiger partial charge in [-0.15, -0.1) is 11.3 Å². The van der Waals surface area contributed by atoms with E-state index in [4.69, 9.17) is 14.2 Å². The van der Waals surface area contributed by atoms with Crippen molar-refractivity contribution < 1.29 is 19.0 Å². The van der Waals surface area contributed by atoms with Crippen LogP contribution in [0.4, 0.5) is 0 Å². The molecule has 0 radical (unpaired) electrons. The fraction of sp³-hybridized carbons (Fsp3) is 0.462. The Morgan fingerprint density at radius 2 is 1.48 bits per heavy atom. The SMILES string of the molecule is COc1ccc2sc(-c3ccc(OCCN4CCCC4)cc3)c(C(=O)c3ccc(O[C@H]4CCCC[C@@H]4N4CCCCC4)cc3)c2c1. The number of carbonyl (C=O) groups excluding carboxylic acids is 1. The van der Waals surface area contributed by atoms with Crippen molar-refractivity contribution in [3.63, 3.8) is 0 Å². The van der Waals surface area contributed by atoms with E-state index < -0.39 is 0 Å². The summed E-state index contributed by atoms with van der Waals surface area (Å²) in [7, 11) is 1.67. The minimum atomic E-state index is 0.0100. The van der Waals surface area contributed by atoms with E-state index in [9.17, 15) is 4.79 Å². The molecule has 7 heteroatoms. The van der Waals surface area contributed by atoms with Crippen LogP contribution in [0, 0.1) is 0 Å². The smallest absolute Gasteiger partial charge is 0.195 e. The summed E-state index contributed by atoms with van der Waals surface area (Å²) in [4.78, 5) is 20.4. The number of carbonyl (C=O) groups is 1. The monoisotopic (exact) mass is 638 g/mol. The highest BCUT2D eigenvalue weighted by molar-refractivity contribution is 7.22. The number of fused-ring (bicyclic) bond motifs is 1. The van der Waals surface area contributed by atoms with Gasteiger partial charge in [0.2, 0.25) is 0 Å². The lowest BCUT2D eigenvalue weighted by molar-refractivity contribution is 0.0261. The minimum Gasteiger partial charge on any atom is -0.497 e. The summed E-state index contributed by atoms with van der Waals surface area (Å²) in [6.07, 6.45) is 11.5. The molecule has 2 aliphatic heterocycles. The van der Waals surface area contributed by atoms with Crippen LogP contribution in [0.15, 0.2) is 66.7 Å².